The first-order chi connectivity index (χ1) is 12.7. The third-order valence-electron chi connectivity index (χ3n) is 3.78. The first kappa shape index (κ1) is 17.5. The van der Waals surface area contributed by atoms with Crippen LogP contribution in [-0.4, -0.2) is 12.5 Å². The number of benzene rings is 3. The smallest absolute Gasteiger partial charge is 0.243 e. The highest BCUT2D eigenvalue weighted by Gasteiger charge is 1.98. The molecule has 3 nitrogen and oxygen atoms in total. The van der Waals surface area contributed by atoms with E-state index in [1.165, 1.54) is 11.1 Å². The van der Waals surface area contributed by atoms with E-state index < -0.39 is 5.91 Å². The highest BCUT2D eigenvalue weighted by Crippen LogP contribution is 2.19. The van der Waals surface area contributed by atoms with E-state index in [-0.39, 0.29) is 6.61 Å². The van der Waals surface area contributed by atoms with Gasteiger partial charge in [0.15, 0.2) is 0 Å². The number of carbonyl (C=O) groups is 1. The fraction of sp³-hybridized carbons (Fsp3) is 0.0870. The summed E-state index contributed by atoms with van der Waals surface area (Å²) in [6.07, 6.45) is 0. The molecule has 0 aromatic heterocycles. The van der Waals surface area contributed by atoms with Crippen LogP contribution in [-0.2, 0) is 16.1 Å². The first-order valence-corrected chi connectivity index (χ1v) is 8.33. The molecule has 0 aliphatic heterocycles. The summed E-state index contributed by atoms with van der Waals surface area (Å²) in [5.74, 6) is 5.87. The minimum absolute atomic E-state index is 0.0797. The Morgan fingerprint density at radius 1 is 0.808 bits per heavy atom. The molecule has 0 aliphatic carbocycles. The third kappa shape index (κ3) is 5.07. The maximum Gasteiger partial charge on any atom is 0.243 e. The molecule has 0 spiro atoms. The maximum absolute atomic E-state index is 10.7. The van der Waals surface area contributed by atoms with Gasteiger partial charge in [-0.05, 0) is 41.0 Å². The summed E-state index contributed by atoms with van der Waals surface area (Å²) in [4.78, 5) is 10.7. The van der Waals surface area contributed by atoms with Crippen molar-refractivity contribution in [2.45, 2.75) is 6.61 Å². The van der Waals surface area contributed by atoms with Gasteiger partial charge in [0.1, 0.15) is 6.61 Å². The van der Waals surface area contributed by atoms with Gasteiger partial charge in [-0.25, -0.2) is 0 Å². The second kappa shape index (κ2) is 8.66. The van der Waals surface area contributed by atoms with E-state index in [4.69, 9.17) is 10.5 Å². The molecule has 1 amide bonds. The van der Waals surface area contributed by atoms with Gasteiger partial charge in [0.2, 0.25) is 5.91 Å². The van der Waals surface area contributed by atoms with E-state index in [1.54, 1.807) is 0 Å². The maximum atomic E-state index is 10.7. The highest BCUT2D eigenvalue weighted by atomic mass is 16.5. The lowest BCUT2D eigenvalue weighted by Crippen LogP contribution is -2.17. The van der Waals surface area contributed by atoms with Crippen molar-refractivity contribution in [1.29, 1.82) is 0 Å². The standard InChI is InChI=1S/C23H19NO2/c24-23(25)17-26-16-20-6-4-5-19(15-20)10-9-18-11-13-22(14-12-18)21-7-2-1-3-8-21/h1-8,11-15H,16-17H2,(H2,24,25). The van der Waals surface area contributed by atoms with Crippen molar-refractivity contribution in [3.63, 3.8) is 0 Å². The van der Waals surface area contributed by atoms with E-state index in [2.05, 4.69) is 36.1 Å². The van der Waals surface area contributed by atoms with Crippen LogP contribution in [0.15, 0.2) is 78.9 Å². The molecular weight excluding hydrogens is 322 g/mol. The van der Waals surface area contributed by atoms with Gasteiger partial charge in [-0.15, -0.1) is 0 Å². The van der Waals surface area contributed by atoms with E-state index >= 15 is 0 Å². The molecule has 2 N–H and O–H groups in total. The van der Waals surface area contributed by atoms with Crippen LogP contribution in [0.3, 0.4) is 0 Å². The number of hydrogen-bond donors (Lipinski definition) is 1. The molecule has 0 heterocycles. The van der Waals surface area contributed by atoms with E-state index in [0.29, 0.717) is 6.61 Å². The minimum Gasteiger partial charge on any atom is -0.368 e. The Bertz CT molecular complexity index is 935. The molecule has 0 radical (unpaired) electrons. The summed E-state index contributed by atoms with van der Waals surface area (Å²) in [5.41, 5.74) is 10.2. The lowest BCUT2D eigenvalue weighted by atomic mass is 10.0. The second-order valence-corrected chi connectivity index (χ2v) is 5.85. The summed E-state index contributed by atoms with van der Waals surface area (Å²) < 4.78 is 5.23. The van der Waals surface area contributed by atoms with E-state index in [1.807, 2.05) is 54.6 Å². The van der Waals surface area contributed by atoms with Crippen molar-refractivity contribution in [3.8, 4) is 23.0 Å². The topological polar surface area (TPSA) is 52.3 Å². The minimum atomic E-state index is -0.472. The number of amides is 1. The van der Waals surface area contributed by atoms with Gasteiger partial charge in [-0.2, -0.15) is 0 Å². The Morgan fingerprint density at radius 2 is 1.50 bits per heavy atom. The number of hydrogen-bond acceptors (Lipinski definition) is 2. The Hall–Kier alpha value is -3.35. The molecule has 0 saturated carbocycles. The number of ether oxygens (including phenoxy) is 1. The van der Waals surface area contributed by atoms with Gasteiger partial charge in [0, 0.05) is 11.1 Å². The van der Waals surface area contributed by atoms with Gasteiger partial charge in [0.05, 0.1) is 6.61 Å². The van der Waals surface area contributed by atoms with Crippen molar-refractivity contribution in [2.75, 3.05) is 6.61 Å². The molecule has 128 valence electrons. The van der Waals surface area contributed by atoms with Gasteiger partial charge >= 0.3 is 0 Å². The zero-order chi connectivity index (χ0) is 18.2. The van der Waals surface area contributed by atoms with Crippen molar-refractivity contribution in [1.82, 2.24) is 0 Å². The quantitative estimate of drug-likeness (QED) is 0.719. The Kier molecular flexibility index (Phi) is 5.82. The predicted octanol–water partition coefficient (Wildman–Crippen LogP) is 3.76. The van der Waals surface area contributed by atoms with Crippen molar-refractivity contribution in [2.24, 2.45) is 5.73 Å². The van der Waals surface area contributed by atoms with Crippen molar-refractivity contribution >= 4 is 5.91 Å². The lowest BCUT2D eigenvalue weighted by Gasteiger charge is -2.02. The van der Waals surface area contributed by atoms with Gasteiger partial charge in [0.25, 0.3) is 0 Å². The summed E-state index contributed by atoms with van der Waals surface area (Å²) in [6, 6.07) is 26.2. The fourth-order valence-corrected chi connectivity index (χ4v) is 2.53. The molecule has 3 aromatic carbocycles. The second-order valence-electron chi connectivity index (χ2n) is 5.85. The van der Waals surface area contributed by atoms with Crippen LogP contribution < -0.4 is 5.73 Å². The lowest BCUT2D eigenvalue weighted by molar-refractivity contribution is -0.122. The van der Waals surface area contributed by atoms with Crippen LogP contribution in [0.5, 0.6) is 0 Å². The van der Waals surface area contributed by atoms with Crippen molar-refractivity contribution < 1.29 is 9.53 Å². The largest absolute Gasteiger partial charge is 0.368 e. The number of nitrogens with two attached hydrogens (primary N) is 1. The van der Waals surface area contributed by atoms with Gasteiger partial charge in [-0.3, -0.25) is 4.79 Å². The van der Waals surface area contributed by atoms with Gasteiger partial charge < -0.3 is 10.5 Å². The first-order valence-electron chi connectivity index (χ1n) is 8.33. The molecule has 0 fully saturated rings. The van der Waals surface area contributed by atoms with Crippen LogP contribution >= 0.6 is 0 Å². The molecule has 3 aromatic rings. The summed E-state index contributed by atoms with van der Waals surface area (Å²) in [7, 11) is 0. The Morgan fingerprint density at radius 3 is 2.23 bits per heavy atom. The molecule has 0 saturated heterocycles. The number of rotatable bonds is 5. The van der Waals surface area contributed by atoms with Crippen molar-refractivity contribution in [3.05, 3.63) is 95.6 Å². The molecule has 3 heteroatoms. The zero-order valence-corrected chi connectivity index (χ0v) is 14.3. The number of primary amides is 1. The average Bonchev–Trinajstić information content (AvgIpc) is 2.68. The zero-order valence-electron chi connectivity index (χ0n) is 14.3. The van der Waals surface area contributed by atoms with Crippen LogP contribution in [0.25, 0.3) is 11.1 Å². The van der Waals surface area contributed by atoms with Crippen LogP contribution in [0.1, 0.15) is 16.7 Å². The van der Waals surface area contributed by atoms with Crippen LogP contribution in [0.4, 0.5) is 0 Å². The van der Waals surface area contributed by atoms with Crippen LogP contribution in [0, 0.1) is 11.8 Å². The average molecular weight is 341 g/mol. The molecule has 0 aliphatic rings. The van der Waals surface area contributed by atoms with E-state index in [9.17, 15) is 4.79 Å². The number of carbonyl (C=O) groups excluding carboxylic acids is 1. The fourth-order valence-electron chi connectivity index (χ4n) is 2.53. The molecule has 0 atom stereocenters. The molecule has 0 bridgehead atoms. The monoisotopic (exact) mass is 341 g/mol. The Labute approximate surface area is 153 Å². The van der Waals surface area contributed by atoms with E-state index in [0.717, 1.165) is 16.7 Å². The SMILES string of the molecule is NC(=O)COCc1cccc(C#Cc2ccc(-c3ccccc3)cc2)c1. The molecule has 26 heavy (non-hydrogen) atoms. The summed E-state index contributed by atoms with van der Waals surface area (Å²) in [5, 5.41) is 0. The molecule has 0 unspecified atom stereocenters. The van der Waals surface area contributed by atoms with Gasteiger partial charge in [-0.1, -0.05) is 66.4 Å². The normalized spacial score (nSPS) is 10.0. The summed E-state index contributed by atoms with van der Waals surface area (Å²) in [6.45, 7) is 0.258. The Balaban J connectivity index is 1.68. The predicted molar refractivity (Wildman–Crippen MR) is 103 cm³/mol. The molecule has 3 rings (SSSR count). The molecular formula is C23H19NO2. The third-order valence-corrected chi connectivity index (χ3v) is 3.78. The summed E-state index contributed by atoms with van der Waals surface area (Å²) >= 11 is 0. The van der Waals surface area contributed by atoms with Crippen LogP contribution in [0.2, 0.25) is 0 Å². The highest BCUT2D eigenvalue weighted by molar-refractivity contribution is 5.75.